The van der Waals surface area contributed by atoms with E-state index in [1.54, 1.807) is 12.1 Å². The Bertz CT molecular complexity index is 725. The fourth-order valence-electron chi connectivity index (χ4n) is 1.57. The Hall–Kier alpha value is -1.76. The first kappa shape index (κ1) is 16.6. The van der Waals surface area contributed by atoms with Crippen molar-refractivity contribution in [1.82, 2.24) is 4.98 Å². The zero-order valence-electron chi connectivity index (χ0n) is 11.0. The maximum atomic E-state index is 11.9. The normalized spacial score (nSPS) is 10.3. The molecule has 0 saturated carbocycles. The van der Waals surface area contributed by atoms with Crippen LogP contribution < -0.4 is 10.4 Å². The standard InChI is InChI=1S/C14H10Cl2N2O3S/c15-8-3-4-11(10(16)6-8)18-12(19)7-22-13-9(14(20)21)2-1-5-17-13/h1-6H,7H2,(H,18,19)(H,20,21)/p-1. The molecule has 2 rings (SSSR count). The van der Waals surface area contributed by atoms with Crippen molar-refractivity contribution in [3.63, 3.8) is 0 Å². The van der Waals surface area contributed by atoms with E-state index < -0.39 is 5.97 Å². The number of carbonyl (C=O) groups excluding carboxylic acids is 2. The predicted molar refractivity (Wildman–Crippen MR) is 84.4 cm³/mol. The number of aromatic nitrogens is 1. The van der Waals surface area contributed by atoms with Crippen LogP contribution in [0.15, 0.2) is 41.6 Å². The summed E-state index contributed by atoms with van der Waals surface area (Å²) in [6.45, 7) is 0. The van der Waals surface area contributed by atoms with Gasteiger partial charge in [-0.15, -0.1) is 0 Å². The molecule has 5 nitrogen and oxygen atoms in total. The molecule has 1 heterocycles. The van der Waals surface area contributed by atoms with Crippen LogP contribution in [0.2, 0.25) is 10.0 Å². The molecule has 0 unspecified atom stereocenters. The van der Waals surface area contributed by atoms with Crippen molar-refractivity contribution in [2.24, 2.45) is 0 Å². The van der Waals surface area contributed by atoms with Crippen LogP contribution >= 0.6 is 35.0 Å². The molecule has 2 aromatic rings. The number of carbonyl (C=O) groups is 2. The quantitative estimate of drug-likeness (QED) is 0.833. The number of carboxylic acid groups (broad SMARTS) is 1. The van der Waals surface area contributed by atoms with Crippen LogP contribution in [0, 0.1) is 0 Å². The molecule has 0 atom stereocenters. The molecule has 0 aliphatic carbocycles. The first-order valence-electron chi connectivity index (χ1n) is 6.01. The van der Waals surface area contributed by atoms with E-state index in [0.29, 0.717) is 15.7 Å². The minimum absolute atomic E-state index is 0.0176. The number of rotatable bonds is 5. The second-order valence-electron chi connectivity index (χ2n) is 4.10. The molecule has 114 valence electrons. The Morgan fingerprint density at radius 2 is 2.05 bits per heavy atom. The van der Waals surface area contributed by atoms with Crippen molar-refractivity contribution in [2.45, 2.75) is 5.03 Å². The Kier molecular flexibility index (Phi) is 5.65. The molecule has 0 bridgehead atoms. The van der Waals surface area contributed by atoms with E-state index in [1.165, 1.54) is 24.4 Å². The van der Waals surface area contributed by atoms with Gasteiger partial charge in [-0.1, -0.05) is 35.0 Å². The lowest BCUT2D eigenvalue weighted by Crippen LogP contribution is -2.23. The van der Waals surface area contributed by atoms with Crippen molar-refractivity contribution in [2.75, 3.05) is 11.1 Å². The van der Waals surface area contributed by atoms with E-state index in [1.807, 2.05) is 0 Å². The van der Waals surface area contributed by atoms with Gasteiger partial charge in [-0.3, -0.25) is 4.79 Å². The topological polar surface area (TPSA) is 82.1 Å². The fraction of sp³-hybridized carbons (Fsp3) is 0.0714. The number of hydrogen-bond donors (Lipinski definition) is 1. The minimum Gasteiger partial charge on any atom is -0.545 e. The van der Waals surface area contributed by atoms with E-state index in [-0.39, 0.29) is 22.2 Å². The molecule has 1 aromatic carbocycles. The van der Waals surface area contributed by atoms with E-state index in [9.17, 15) is 14.7 Å². The summed E-state index contributed by atoms with van der Waals surface area (Å²) in [6.07, 6.45) is 1.45. The number of aromatic carboxylic acids is 1. The van der Waals surface area contributed by atoms with E-state index >= 15 is 0 Å². The van der Waals surface area contributed by atoms with Crippen LogP contribution in [-0.4, -0.2) is 22.6 Å². The number of thioether (sulfide) groups is 1. The van der Waals surface area contributed by atoms with E-state index in [4.69, 9.17) is 23.2 Å². The highest BCUT2D eigenvalue weighted by atomic mass is 35.5. The molecule has 22 heavy (non-hydrogen) atoms. The van der Waals surface area contributed by atoms with Gasteiger partial charge in [0.05, 0.1) is 22.4 Å². The van der Waals surface area contributed by atoms with Crippen molar-refractivity contribution >= 4 is 52.5 Å². The van der Waals surface area contributed by atoms with Crippen LogP contribution in [0.1, 0.15) is 10.4 Å². The van der Waals surface area contributed by atoms with Crippen LogP contribution in [-0.2, 0) is 4.79 Å². The van der Waals surface area contributed by atoms with E-state index in [0.717, 1.165) is 11.8 Å². The minimum atomic E-state index is -1.34. The van der Waals surface area contributed by atoms with Crippen LogP contribution in [0.25, 0.3) is 0 Å². The summed E-state index contributed by atoms with van der Waals surface area (Å²) < 4.78 is 0. The van der Waals surface area contributed by atoms with Gasteiger partial charge in [0, 0.05) is 16.8 Å². The summed E-state index contributed by atoms with van der Waals surface area (Å²) >= 11 is 12.7. The summed E-state index contributed by atoms with van der Waals surface area (Å²) in [7, 11) is 0. The van der Waals surface area contributed by atoms with Gasteiger partial charge in [0.15, 0.2) is 0 Å². The van der Waals surface area contributed by atoms with Gasteiger partial charge in [-0.2, -0.15) is 0 Å². The number of pyridine rings is 1. The third-order valence-corrected chi connectivity index (χ3v) is 4.09. The van der Waals surface area contributed by atoms with Crippen molar-refractivity contribution < 1.29 is 14.7 Å². The lowest BCUT2D eigenvalue weighted by molar-refractivity contribution is -0.255. The Balaban J connectivity index is 2.00. The highest BCUT2D eigenvalue weighted by Gasteiger charge is 2.10. The molecular weight excluding hydrogens is 347 g/mol. The zero-order valence-corrected chi connectivity index (χ0v) is 13.3. The zero-order chi connectivity index (χ0) is 16.1. The summed E-state index contributed by atoms with van der Waals surface area (Å²) in [6, 6.07) is 7.56. The number of anilines is 1. The summed E-state index contributed by atoms with van der Waals surface area (Å²) in [5, 5.41) is 14.6. The van der Waals surface area contributed by atoms with Gasteiger partial charge in [-0.05, 0) is 30.3 Å². The third-order valence-electron chi connectivity index (χ3n) is 2.54. The molecule has 0 fully saturated rings. The third kappa shape index (κ3) is 4.37. The first-order chi connectivity index (χ1) is 10.5. The number of halogens is 2. The Morgan fingerprint density at radius 1 is 1.27 bits per heavy atom. The van der Waals surface area contributed by atoms with Crippen molar-refractivity contribution in [3.8, 4) is 0 Å². The molecular formula is C14H9Cl2N2O3S-. The number of benzene rings is 1. The monoisotopic (exact) mass is 355 g/mol. The van der Waals surface area contributed by atoms with Crippen molar-refractivity contribution in [1.29, 1.82) is 0 Å². The number of carboxylic acids is 1. The number of nitrogens with one attached hydrogen (secondary N) is 1. The average Bonchev–Trinajstić information content (AvgIpc) is 2.48. The van der Waals surface area contributed by atoms with Gasteiger partial charge in [0.2, 0.25) is 5.91 Å². The molecule has 0 aliphatic heterocycles. The lowest BCUT2D eigenvalue weighted by atomic mass is 10.3. The van der Waals surface area contributed by atoms with Crippen LogP contribution in [0.5, 0.6) is 0 Å². The number of nitrogens with zero attached hydrogens (tertiary/aromatic N) is 1. The Labute approximate surface area is 140 Å². The smallest absolute Gasteiger partial charge is 0.234 e. The summed E-state index contributed by atoms with van der Waals surface area (Å²) in [4.78, 5) is 26.8. The lowest BCUT2D eigenvalue weighted by Gasteiger charge is -2.09. The molecule has 0 radical (unpaired) electrons. The molecule has 1 aromatic heterocycles. The van der Waals surface area contributed by atoms with Gasteiger partial charge < -0.3 is 15.2 Å². The summed E-state index contributed by atoms with van der Waals surface area (Å²) in [5.74, 6) is -1.70. The molecule has 8 heteroatoms. The molecule has 0 spiro atoms. The van der Waals surface area contributed by atoms with Crippen LogP contribution in [0.4, 0.5) is 5.69 Å². The summed E-state index contributed by atoms with van der Waals surface area (Å²) in [5.41, 5.74) is 0.377. The van der Waals surface area contributed by atoms with Gasteiger partial charge in [0.25, 0.3) is 0 Å². The van der Waals surface area contributed by atoms with Gasteiger partial charge >= 0.3 is 0 Å². The second kappa shape index (κ2) is 7.49. The van der Waals surface area contributed by atoms with Crippen molar-refractivity contribution in [3.05, 3.63) is 52.1 Å². The molecule has 0 aliphatic rings. The average molecular weight is 356 g/mol. The second-order valence-corrected chi connectivity index (χ2v) is 5.91. The number of amides is 1. The van der Waals surface area contributed by atoms with Crippen LogP contribution in [0.3, 0.4) is 0 Å². The van der Waals surface area contributed by atoms with Gasteiger partial charge in [0.1, 0.15) is 5.03 Å². The van der Waals surface area contributed by atoms with E-state index in [2.05, 4.69) is 10.3 Å². The largest absolute Gasteiger partial charge is 0.545 e. The maximum Gasteiger partial charge on any atom is 0.234 e. The SMILES string of the molecule is O=C(CSc1ncccc1C(=O)[O-])Nc1ccc(Cl)cc1Cl. The fourth-order valence-corrected chi connectivity index (χ4v) is 2.81. The highest BCUT2D eigenvalue weighted by Crippen LogP contribution is 2.26. The maximum absolute atomic E-state index is 11.9. The Morgan fingerprint density at radius 3 is 2.73 bits per heavy atom. The first-order valence-corrected chi connectivity index (χ1v) is 7.75. The molecule has 1 N–H and O–H groups in total. The number of hydrogen-bond acceptors (Lipinski definition) is 5. The predicted octanol–water partition coefficient (Wildman–Crippen LogP) is 2.48. The molecule has 1 amide bonds. The highest BCUT2D eigenvalue weighted by molar-refractivity contribution is 8.00. The van der Waals surface area contributed by atoms with Gasteiger partial charge in [-0.25, -0.2) is 4.98 Å². The molecule has 0 saturated heterocycles.